The van der Waals surface area contributed by atoms with Gasteiger partial charge in [0.2, 0.25) is 5.88 Å². The van der Waals surface area contributed by atoms with Gasteiger partial charge in [0.15, 0.2) is 0 Å². The van der Waals surface area contributed by atoms with Crippen LogP contribution in [0.25, 0.3) is 0 Å². The van der Waals surface area contributed by atoms with Crippen LogP contribution in [0.3, 0.4) is 0 Å². The normalized spacial score (nSPS) is 12.6. The van der Waals surface area contributed by atoms with E-state index in [1.165, 1.54) is 11.1 Å². The molecule has 1 aromatic rings. The molecule has 0 saturated heterocycles. The minimum absolute atomic E-state index is 0.0993. The van der Waals surface area contributed by atoms with Crippen molar-refractivity contribution in [1.29, 1.82) is 0 Å². The molecule has 0 aliphatic heterocycles. The van der Waals surface area contributed by atoms with E-state index in [4.69, 9.17) is 9.47 Å². The van der Waals surface area contributed by atoms with E-state index in [0.717, 1.165) is 0 Å². The lowest BCUT2D eigenvalue weighted by Crippen LogP contribution is -2.48. The number of pyridine rings is 1. The Morgan fingerprint density at radius 3 is 2.57 bits per heavy atom. The molecule has 1 aromatic heterocycles. The number of hydrogen-bond donors (Lipinski definition) is 2. The highest BCUT2D eigenvalue weighted by Gasteiger charge is 2.30. The van der Waals surface area contributed by atoms with E-state index in [0.29, 0.717) is 24.8 Å². The number of nitrogens with zero attached hydrogens (tertiary/aromatic N) is 2. The molecule has 1 heterocycles. The highest BCUT2D eigenvalue weighted by Crippen LogP contribution is 2.23. The van der Waals surface area contributed by atoms with Crippen molar-refractivity contribution in [2.75, 3.05) is 39.3 Å². The Kier molecular flexibility index (Phi) is 7.25. The van der Waals surface area contributed by atoms with Crippen LogP contribution in [0.2, 0.25) is 0 Å². The molecule has 0 unspecified atom stereocenters. The second-order valence-corrected chi connectivity index (χ2v) is 6.33. The standard InChI is InChI=1S/C16H27N3O4/c1-16(2,3)13(11-20)19(4)15(21)18-12-6-7-14(17-10-12)23-9-8-22-5/h6-7,10,13,20H,8-9,11H2,1-5H3,(H,18,21)/t13-/m1/s1. The first kappa shape index (κ1) is 19.2. The highest BCUT2D eigenvalue weighted by molar-refractivity contribution is 5.89. The first-order valence-electron chi connectivity index (χ1n) is 7.52. The van der Waals surface area contributed by atoms with Crippen LogP contribution >= 0.6 is 0 Å². The minimum Gasteiger partial charge on any atom is -0.475 e. The van der Waals surface area contributed by atoms with Gasteiger partial charge in [0.25, 0.3) is 0 Å². The Morgan fingerprint density at radius 1 is 1.39 bits per heavy atom. The predicted octanol–water partition coefficient (Wildman–Crippen LogP) is 1.98. The van der Waals surface area contributed by atoms with Crippen LogP contribution < -0.4 is 10.1 Å². The summed E-state index contributed by atoms with van der Waals surface area (Å²) in [4.78, 5) is 17.9. The van der Waals surface area contributed by atoms with Crippen molar-refractivity contribution >= 4 is 11.7 Å². The van der Waals surface area contributed by atoms with Gasteiger partial charge in [0, 0.05) is 20.2 Å². The van der Waals surface area contributed by atoms with Gasteiger partial charge in [0.1, 0.15) is 6.61 Å². The Labute approximate surface area is 137 Å². The molecule has 0 radical (unpaired) electrons. The van der Waals surface area contributed by atoms with E-state index >= 15 is 0 Å². The molecule has 0 aliphatic rings. The SMILES string of the molecule is COCCOc1ccc(NC(=O)N(C)[C@H](CO)C(C)(C)C)cn1. The molecule has 2 N–H and O–H groups in total. The lowest BCUT2D eigenvalue weighted by atomic mass is 9.86. The van der Waals surface area contributed by atoms with Gasteiger partial charge in [-0.25, -0.2) is 9.78 Å². The van der Waals surface area contributed by atoms with Crippen LogP contribution in [-0.4, -0.2) is 61.0 Å². The second-order valence-electron chi connectivity index (χ2n) is 6.33. The summed E-state index contributed by atoms with van der Waals surface area (Å²) >= 11 is 0. The number of carbonyl (C=O) groups is 1. The summed E-state index contributed by atoms with van der Waals surface area (Å²) < 4.78 is 10.3. The molecule has 0 fully saturated rings. The zero-order valence-electron chi connectivity index (χ0n) is 14.5. The van der Waals surface area contributed by atoms with E-state index in [9.17, 15) is 9.90 Å². The third kappa shape index (κ3) is 6.03. The molecule has 1 rings (SSSR count). The van der Waals surface area contributed by atoms with Crippen molar-refractivity contribution in [3.05, 3.63) is 18.3 Å². The summed E-state index contributed by atoms with van der Waals surface area (Å²) in [6.45, 7) is 6.74. The molecule has 130 valence electrons. The van der Waals surface area contributed by atoms with E-state index in [2.05, 4.69) is 10.3 Å². The number of urea groups is 1. The maximum absolute atomic E-state index is 12.3. The number of likely N-dealkylation sites (N-methyl/N-ethyl adjacent to an activating group) is 1. The number of aliphatic hydroxyl groups is 1. The first-order valence-corrected chi connectivity index (χ1v) is 7.52. The Bertz CT molecular complexity index is 485. The highest BCUT2D eigenvalue weighted by atomic mass is 16.5. The average molecular weight is 325 g/mol. The van der Waals surface area contributed by atoms with Gasteiger partial charge in [-0.1, -0.05) is 20.8 Å². The maximum Gasteiger partial charge on any atom is 0.321 e. The number of nitrogens with one attached hydrogen (secondary N) is 1. The van der Waals surface area contributed by atoms with Crippen LogP contribution in [0.15, 0.2) is 18.3 Å². The molecule has 0 saturated carbocycles. The predicted molar refractivity (Wildman–Crippen MR) is 88.7 cm³/mol. The number of amides is 2. The zero-order valence-corrected chi connectivity index (χ0v) is 14.5. The van der Waals surface area contributed by atoms with Crippen LogP contribution in [-0.2, 0) is 4.74 Å². The molecule has 23 heavy (non-hydrogen) atoms. The monoisotopic (exact) mass is 325 g/mol. The van der Waals surface area contributed by atoms with Crippen molar-refractivity contribution in [3.63, 3.8) is 0 Å². The van der Waals surface area contributed by atoms with Crippen LogP contribution in [0, 0.1) is 5.41 Å². The molecule has 0 spiro atoms. The van der Waals surface area contributed by atoms with Crippen molar-refractivity contribution in [3.8, 4) is 5.88 Å². The third-order valence-corrected chi connectivity index (χ3v) is 3.49. The lowest BCUT2D eigenvalue weighted by molar-refractivity contribution is 0.0886. The van der Waals surface area contributed by atoms with Crippen molar-refractivity contribution in [2.24, 2.45) is 5.41 Å². The quantitative estimate of drug-likeness (QED) is 0.749. The molecular weight excluding hydrogens is 298 g/mol. The number of aliphatic hydroxyl groups excluding tert-OH is 1. The second kappa shape index (κ2) is 8.69. The smallest absolute Gasteiger partial charge is 0.321 e. The third-order valence-electron chi connectivity index (χ3n) is 3.49. The van der Waals surface area contributed by atoms with E-state index in [1.807, 2.05) is 20.8 Å². The first-order chi connectivity index (χ1) is 10.8. The number of rotatable bonds is 7. The molecule has 1 atom stereocenters. The van der Waals surface area contributed by atoms with E-state index in [1.54, 1.807) is 26.3 Å². The number of anilines is 1. The van der Waals surface area contributed by atoms with Crippen LogP contribution in [0.1, 0.15) is 20.8 Å². The fraction of sp³-hybridized carbons (Fsp3) is 0.625. The molecule has 7 nitrogen and oxygen atoms in total. The molecule has 0 aliphatic carbocycles. The Hall–Kier alpha value is -1.86. The summed E-state index contributed by atoms with van der Waals surface area (Å²) in [5, 5.41) is 12.3. The van der Waals surface area contributed by atoms with Gasteiger partial charge in [-0.2, -0.15) is 0 Å². The maximum atomic E-state index is 12.3. The fourth-order valence-corrected chi connectivity index (χ4v) is 2.10. The summed E-state index contributed by atoms with van der Waals surface area (Å²) in [7, 11) is 3.26. The number of hydrogen-bond acceptors (Lipinski definition) is 5. The van der Waals surface area contributed by atoms with Gasteiger partial charge in [-0.3, -0.25) is 0 Å². The Morgan fingerprint density at radius 2 is 2.09 bits per heavy atom. The van der Waals surface area contributed by atoms with Crippen LogP contribution in [0.5, 0.6) is 5.88 Å². The van der Waals surface area contributed by atoms with Crippen LogP contribution in [0.4, 0.5) is 10.5 Å². The van der Waals surface area contributed by atoms with Crippen molar-refractivity contribution in [2.45, 2.75) is 26.8 Å². The molecular formula is C16H27N3O4. The van der Waals surface area contributed by atoms with Crippen molar-refractivity contribution in [1.82, 2.24) is 9.88 Å². The molecule has 7 heteroatoms. The summed E-state index contributed by atoms with van der Waals surface area (Å²) in [6.07, 6.45) is 1.53. The average Bonchev–Trinajstić information content (AvgIpc) is 2.48. The van der Waals surface area contributed by atoms with Gasteiger partial charge >= 0.3 is 6.03 Å². The van der Waals surface area contributed by atoms with Gasteiger partial charge in [-0.05, 0) is 11.5 Å². The molecule has 2 amide bonds. The van der Waals surface area contributed by atoms with E-state index < -0.39 is 0 Å². The lowest BCUT2D eigenvalue weighted by Gasteiger charge is -2.36. The molecule has 0 bridgehead atoms. The number of aromatic nitrogens is 1. The van der Waals surface area contributed by atoms with Crippen molar-refractivity contribution < 1.29 is 19.4 Å². The van der Waals surface area contributed by atoms with Gasteiger partial charge in [0.05, 0.1) is 31.1 Å². The molecule has 0 aromatic carbocycles. The number of ether oxygens (including phenoxy) is 2. The summed E-state index contributed by atoms with van der Waals surface area (Å²) in [5.41, 5.74) is 0.338. The zero-order chi connectivity index (χ0) is 17.5. The summed E-state index contributed by atoms with van der Waals surface area (Å²) in [6, 6.07) is 2.81. The number of carbonyl (C=O) groups excluding carboxylic acids is 1. The number of methoxy groups -OCH3 is 1. The summed E-state index contributed by atoms with van der Waals surface area (Å²) in [5.74, 6) is 0.469. The van der Waals surface area contributed by atoms with Gasteiger partial charge in [-0.15, -0.1) is 0 Å². The minimum atomic E-state index is -0.297. The Balaban J connectivity index is 2.63. The van der Waals surface area contributed by atoms with E-state index in [-0.39, 0.29) is 24.1 Å². The largest absolute Gasteiger partial charge is 0.475 e. The van der Waals surface area contributed by atoms with Gasteiger partial charge < -0.3 is 24.8 Å². The topological polar surface area (TPSA) is 83.9 Å². The fourth-order valence-electron chi connectivity index (χ4n) is 2.10.